The Balaban J connectivity index is 1.94. The minimum absolute atomic E-state index is 0.0592. The van der Waals surface area contributed by atoms with Crippen LogP contribution in [0.4, 0.5) is 0 Å². The quantitative estimate of drug-likeness (QED) is 0.791. The van der Waals surface area contributed by atoms with Crippen molar-refractivity contribution >= 4 is 33.8 Å². The fraction of sp³-hybridized carbons (Fsp3) is 0.267. The lowest BCUT2D eigenvalue weighted by atomic mass is 10.1. The molecule has 1 aromatic carbocycles. The molecule has 0 aliphatic rings. The Bertz CT molecular complexity index is 732. The van der Waals surface area contributed by atoms with Crippen molar-refractivity contribution < 1.29 is 0 Å². The lowest BCUT2D eigenvalue weighted by molar-refractivity contribution is 0.645. The summed E-state index contributed by atoms with van der Waals surface area (Å²) in [5.74, 6) is 0. The highest BCUT2D eigenvalue weighted by molar-refractivity contribution is 7.16. The van der Waals surface area contributed by atoms with E-state index in [1.165, 1.54) is 22.2 Å². The van der Waals surface area contributed by atoms with Gasteiger partial charge in [0.25, 0.3) is 0 Å². The molecule has 0 radical (unpaired) electrons. The van der Waals surface area contributed by atoms with E-state index in [1.54, 1.807) is 0 Å². The summed E-state index contributed by atoms with van der Waals surface area (Å²) < 4.78 is 2.80. The summed E-state index contributed by atoms with van der Waals surface area (Å²) in [6, 6.07) is 12.1. The number of hydrogen-bond acceptors (Lipinski definition) is 3. The average molecular weight is 306 g/mol. The van der Waals surface area contributed by atoms with Crippen LogP contribution in [0, 0.1) is 0 Å². The van der Waals surface area contributed by atoms with Gasteiger partial charge >= 0.3 is 0 Å². The highest BCUT2D eigenvalue weighted by atomic mass is 35.5. The number of nitrogens with zero attached hydrogens (tertiary/aromatic N) is 2. The van der Waals surface area contributed by atoms with Crippen molar-refractivity contribution in [3.8, 4) is 0 Å². The van der Waals surface area contributed by atoms with Crippen LogP contribution in [0.1, 0.15) is 23.5 Å². The van der Waals surface area contributed by atoms with Gasteiger partial charge in [0.2, 0.25) is 0 Å². The second kappa shape index (κ2) is 5.56. The Hall–Kier alpha value is -1.36. The first-order chi connectivity index (χ1) is 9.69. The molecule has 0 amide bonds. The van der Waals surface area contributed by atoms with E-state index in [1.807, 2.05) is 28.9 Å². The predicted molar refractivity (Wildman–Crippen MR) is 85.4 cm³/mol. The van der Waals surface area contributed by atoms with Crippen molar-refractivity contribution in [1.82, 2.24) is 9.78 Å². The SMILES string of the molecule is CCn1nc(CC(N)c2ccc(Cl)s2)c2ccccc21. The molecule has 0 aliphatic carbocycles. The molecule has 0 saturated heterocycles. The fourth-order valence-corrected chi connectivity index (χ4v) is 3.49. The van der Waals surface area contributed by atoms with Crippen molar-refractivity contribution in [1.29, 1.82) is 0 Å². The summed E-state index contributed by atoms with van der Waals surface area (Å²) in [6.45, 7) is 2.96. The van der Waals surface area contributed by atoms with Crippen LogP contribution >= 0.6 is 22.9 Å². The van der Waals surface area contributed by atoms with Crippen LogP contribution < -0.4 is 5.73 Å². The number of aromatic nitrogens is 2. The summed E-state index contributed by atoms with van der Waals surface area (Å²) in [5.41, 5.74) is 8.51. The summed E-state index contributed by atoms with van der Waals surface area (Å²) in [7, 11) is 0. The second-order valence-corrected chi connectivity index (χ2v) is 6.48. The molecular weight excluding hydrogens is 290 g/mol. The van der Waals surface area contributed by atoms with Gasteiger partial charge in [0.15, 0.2) is 0 Å². The number of nitrogens with two attached hydrogens (primary N) is 1. The third-order valence-corrected chi connectivity index (χ3v) is 4.77. The van der Waals surface area contributed by atoms with Gasteiger partial charge in [-0.1, -0.05) is 29.8 Å². The largest absolute Gasteiger partial charge is 0.323 e. The molecule has 3 nitrogen and oxygen atoms in total. The van der Waals surface area contributed by atoms with Gasteiger partial charge in [0.05, 0.1) is 15.5 Å². The van der Waals surface area contributed by atoms with E-state index in [4.69, 9.17) is 17.3 Å². The van der Waals surface area contributed by atoms with E-state index in [9.17, 15) is 0 Å². The van der Waals surface area contributed by atoms with Crippen molar-refractivity contribution in [2.45, 2.75) is 25.9 Å². The Kier molecular flexibility index (Phi) is 3.78. The average Bonchev–Trinajstić information content (AvgIpc) is 3.03. The van der Waals surface area contributed by atoms with Gasteiger partial charge in [0.1, 0.15) is 0 Å². The van der Waals surface area contributed by atoms with Crippen LogP contribution in [-0.2, 0) is 13.0 Å². The molecule has 104 valence electrons. The van der Waals surface area contributed by atoms with E-state index in [0.29, 0.717) is 0 Å². The Labute approximate surface area is 127 Å². The first-order valence-electron chi connectivity index (χ1n) is 6.64. The van der Waals surface area contributed by atoms with Crippen LogP contribution in [0.5, 0.6) is 0 Å². The summed E-state index contributed by atoms with van der Waals surface area (Å²) in [5, 5.41) is 5.88. The monoisotopic (exact) mass is 305 g/mol. The van der Waals surface area contributed by atoms with Crippen LogP contribution in [0.25, 0.3) is 10.9 Å². The van der Waals surface area contributed by atoms with E-state index >= 15 is 0 Å². The topological polar surface area (TPSA) is 43.8 Å². The molecule has 3 rings (SSSR count). The highest BCUT2D eigenvalue weighted by Gasteiger charge is 2.15. The number of fused-ring (bicyclic) bond motifs is 1. The number of aryl methyl sites for hydroxylation is 1. The maximum atomic E-state index is 6.28. The lowest BCUT2D eigenvalue weighted by Crippen LogP contribution is -2.12. The van der Waals surface area contributed by atoms with Crippen LogP contribution in [0.2, 0.25) is 4.34 Å². The first-order valence-corrected chi connectivity index (χ1v) is 7.83. The smallest absolute Gasteiger partial charge is 0.0931 e. The first kappa shape index (κ1) is 13.6. The van der Waals surface area contributed by atoms with Gasteiger partial charge in [-0.2, -0.15) is 5.10 Å². The van der Waals surface area contributed by atoms with Gasteiger partial charge in [-0.05, 0) is 25.1 Å². The summed E-state index contributed by atoms with van der Waals surface area (Å²) in [6.07, 6.45) is 0.727. The zero-order valence-electron chi connectivity index (χ0n) is 11.2. The van der Waals surface area contributed by atoms with Crippen molar-refractivity contribution in [3.05, 3.63) is 51.3 Å². The van der Waals surface area contributed by atoms with Gasteiger partial charge in [-0.25, -0.2) is 0 Å². The fourth-order valence-electron chi connectivity index (χ4n) is 2.42. The normalized spacial score (nSPS) is 12.9. The number of para-hydroxylation sites is 1. The van der Waals surface area contributed by atoms with Gasteiger partial charge in [0, 0.05) is 29.3 Å². The number of halogens is 1. The Morgan fingerprint density at radius 3 is 2.80 bits per heavy atom. The molecule has 3 aromatic rings. The van der Waals surface area contributed by atoms with E-state index in [0.717, 1.165) is 27.9 Å². The minimum Gasteiger partial charge on any atom is -0.323 e. The molecule has 2 heterocycles. The molecule has 0 saturated carbocycles. The zero-order valence-corrected chi connectivity index (χ0v) is 12.8. The van der Waals surface area contributed by atoms with Crippen molar-refractivity contribution in [2.75, 3.05) is 0 Å². The molecular formula is C15H16ClN3S. The van der Waals surface area contributed by atoms with Crippen molar-refractivity contribution in [3.63, 3.8) is 0 Å². The second-order valence-electron chi connectivity index (χ2n) is 4.73. The molecule has 0 spiro atoms. The molecule has 0 bridgehead atoms. The van der Waals surface area contributed by atoms with Gasteiger partial charge in [-0.15, -0.1) is 11.3 Å². The minimum atomic E-state index is -0.0592. The third-order valence-electron chi connectivity index (χ3n) is 3.41. The van der Waals surface area contributed by atoms with E-state index < -0.39 is 0 Å². The maximum absolute atomic E-state index is 6.28. The highest BCUT2D eigenvalue weighted by Crippen LogP contribution is 2.29. The molecule has 0 fully saturated rings. The van der Waals surface area contributed by atoms with Gasteiger partial charge in [-0.3, -0.25) is 4.68 Å². The molecule has 2 N–H and O–H groups in total. The summed E-state index contributed by atoms with van der Waals surface area (Å²) in [4.78, 5) is 1.10. The molecule has 0 aliphatic heterocycles. The maximum Gasteiger partial charge on any atom is 0.0931 e. The number of thiophene rings is 1. The van der Waals surface area contributed by atoms with Crippen LogP contribution in [0.15, 0.2) is 36.4 Å². The van der Waals surface area contributed by atoms with Crippen LogP contribution in [0.3, 0.4) is 0 Å². The number of rotatable bonds is 4. The van der Waals surface area contributed by atoms with E-state index in [2.05, 4.69) is 24.2 Å². The van der Waals surface area contributed by atoms with Gasteiger partial charge < -0.3 is 5.73 Å². The van der Waals surface area contributed by atoms with E-state index in [-0.39, 0.29) is 6.04 Å². The van der Waals surface area contributed by atoms with Crippen molar-refractivity contribution in [2.24, 2.45) is 5.73 Å². The summed E-state index contributed by atoms with van der Waals surface area (Å²) >= 11 is 7.51. The standard InChI is InChI=1S/C15H16ClN3S/c1-2-19-13-6-4-3-5-10(13)12(18-19)9-11(17)14-7-8-15(16)20-14/h3-8,11H,2,9,17H2,1H3. The van der Waals surface area contributed by atoms with Crippen LogP contribution in [-0.4, -0.2) is 9.78 Å². The molecule has 1 unspecified atom stereocenters. The number of benzene rings is 1. The Morgan fingerprint density at radius 2 is 2.10 bits per heavy atom. The Morgan fingerprint density at radius 1 is 1.30 bits per heavy atom. The molecule has 2 aromatic heterocycles. The third kappa shape index (κ3) is 2.46. The predicted octanol–water partition coefficient (Wildman–Crippen LogP) is 4.01. The molecule has 1 atom stereocenters. The molecule has 20 heavy (non-hydrogen) atoms. The lowest BCUT2D eigenvalue weighted by Gasteiger charge is -2.07. The number of hydrogen-bond donors (Lipinski definition) is 1. The zero-order chi connectivity index (χ0) is 14.1. The molecule has 5 heteroatoms.